The third-order valence-electron chi connectivity index (χ3n) is 3.53. The quantitative estimate of drug-likeness (QED) is 0.501. The van der Waals surface area contributed by atoms with Crippen molar-refractivity contribution < 1.29 is 25.5 Å². The van der Waals surface area contributed by atoms with Gasteiger partial charge in [0.05, 0.1) is 9.79 Å². The van der Waals surface area contributed by atoms with Gasteiger partial charge >= 0.3 is 20.2 Å². The molecule has 0 aliphatic carbocycles. The van der Waals surface area contributed by atoms with E-state index in [-0.39, 0.29) is 9.79 Å². The molecular weight excluding hydrogens is 364 g/mol. The van der Waals surface area contributed by atoms with E-state index < -0.39 is 20.2 Å². The Morgan fingerprint density at radius 2 is 1.16 bits per heavy atom. The summed E-state index contributed by atoms with van der Waals surface area (Å²) >= 11 is 0. The van der Waals surface area contributed by atoms with Crippen LogP contribution in [0.15, 0.2) is 76.5 Å². The van der Waals surface area contributed by atoms with E-state index in [4.69, 9.17) is 0 Å². The highest BCUT2D eigenvalue weighted by Gasteiger charge is 2.24. The summed E-state index contributed by atoms with van der Waals surface area (Å²) in [4.78, 5) is -0.405. The van der Waals surface area contributed by atoms with Gasteiger partial charge in [-0.25, -0.2) is 0 Å². The van der Waals surface area contributed by atoms with Gasteiger partial charge in [0.1, 0.15) is 0 Å². The van der Waals surface area contributed by atoms with Crippen LogP contribution in [0.2, 0.25) is 0 Å². The molecule has 0 heterocycles. The Morgan fingerprint density at radius 3 is 1.80 bits per heavy atom. The van der Waals surface area contributed by atoms with Gasteiger partial charge in [-0.3, -0.25) is 0 Å². The Hall–Kier alpha value is -2.26. The predicted molar refractivity (Wildman–Crippen MR) is 91.7 cm³/mol. The minimum absolute atomic E-state index is 0.202. The van der Waals surface area contributed by atoms with Gasteiger partial charge in [0.15, 0.2) is 0 Å². The average molecular weight is 378 g/mol. The lowest BCUT2D eigenvalue weighted by atomic mass is 10.1. The Morgan fingerprint density at radius 1 is 0.640 bits per heavy atom. The Bertz CT molecular complexity index is 1120. The molecule has 0 unspecified atom stereocenters. The van der Waals surface area contributed by atoms with Crippen LogP contribution >= 0.6 is 0 Å². The van der Waals surface area contributed by atoms with E-state index in [9.17, 15) is 16.8 Å². The average Bonchev–Trinajstić information content (AvgIpc) is 2.60. The van der Waals surface area contributed by atoms with Crippen molar-refractivity contribution in [3.8, 4) is 0 Å². The molecule has 0 radical (unpaired) electrons. The van der Waals surface area contributed by atoms with Crippen molar-refractivity contribution in [2.45, 2.75) is 16.7 Å². The first kappa shape index (κ1) is 17.6. The molecule has 3 aromatic rings. The Kier molecular flexibility index (Phi) is 4.61. The van der Waals surface area contributed by atoms with E-state index in [1.165, 1.54) is 24.3 Å². The monoisotopic (exact) mass is 378 g/mol. The third-order valence-corrected chi connectivity index (χ3v) is 5.79. The third kappa shape index (κ3) is 3.88. The fourth-order valence-electron chi connectivity index (χ4n) is 2.18. The van der Waals surface area contributed by atoms with Crippen molar-refractivity contribution in [1.82, 2.24) is 0 Å². The van der Waals surface area contributed by atoms with E-state index in [2.05, 4.69) is 8.67 Å². The second-order valence-electron chi connectivity index (χ2n) is 5.37. The number of aryl methyl sites for hydroxylation is 1. The number of fused-ring (bicyclic) bond motifs is 1. The molecule has 0 spiro atoms. The fraction of sp³-hybridized carbons (Fsp3) is 0.0588. The van der Waals surface area contributed by atoms with E-state index in [1.54, 1.807) is 37.3 Å². The summed E-state index contributed by atoms with van der Waals surface area (Å²) in [5.41, 5.74) is 0.851. The molecule has 3 aromatic carbocycles. The molecular formula is C17H14O6S2. The molecule has 0 saturated heterocycles. The maximum absolute atomic E-state index is 12.2. The van der Waals surface area contributed by atoms with Gasteiger partial charge in [0.25, 0.3) is 0 Å². The summed E-state index contributed by atoms with van der Waals surface area (Å²) in [5.74, 6) is 0. The lowest BCUT2D eigenvalue weighted by Gasteiger charge is -2.07. The summed E-state index contributed by atoms with van der Waals surface area (Å²) in [6.07, 6.45) is 0. The highest BCUT2D eigenvalue weighted by molar-refractivity contribution is 7.89. The lowest BCUT2D eigenvalue weighted by Crippen LogP contribution is -2.13. The smallest absolute Gasteiger partial charge is 0.192 e. The zero-order chi connectivity index (χ0) is 18.1. The van der Waals surface area contributed by atoms with Crippen LogP contribution in [0.5, 0.6) is 0 Å². The standard InChI is InChI=1S/C17H14O6S2/c1-13-6-9-16(10-7-13)24(18,19)22-23-25(20,21)17-11-8-14-4-2-3-5-15(14)12-17/h2-12H,1H3. The van der Waals surface area contributed by atoms with E-state index in [0.29, 0.717) is 5.39 Å². The highest BCUT2D eigenvalue weighted by Crippen LogP contribution is 2.22. The molecule has 0 amide bonds. The van der Waals surface area contributed by atoms with Crippen molar-refractivity contribution in [1.29, 1.82) is 0 Å². The van der Waals surface area contributed by atoms with Crippen LogP contribution in [0.25, 0.3) is 10.8 Å². The topological polar surface area (TPSA) is 86.7 Å². The first-order valence-electron chi connectivity index (χ1n) is 7.21. The van der Waals surface area contributed by atoms with Gasteiger partial charge in [-0.2, -0.15) is 16.8 Å². The van der Waals surface area contributed by atoms with Crippen LogP contribution in [0.4, 0.5) is 0 Å². The molecule has 25 heavy (non-hydrogen) atoms. The summed E-state index contributed by atoms with van der Waals surface area (Å²) in [6, 6.07) is 17.2. The van der Waals surface area contributed by atoms with Crippen LogP contribution in [-0.2, 0) is 28.9 Å². The molecule has 6 nitrogen and oxygen atoms in total. The molecule has 0 saturated carbocycles. The van der Waals surface area contributed by atoms with Gasteiger partial charge in [-0.15, -0.1) is 0 Å². The van der Waals surface area contributed by atoms with Crippen LogP contribution in [0, 0.1) is 6.92 Å². The Balaban J connectivity index is 1.84. The number of hydrogen-bond donors (Lipinski definition) is 0. The zero-order valence-corrected chi connectivity index (χ0v) is 14.7. The van der Waals surface area contributed by atoms with Gasteiger partial charge in [-0.05, 0) is 42.0 Å². The second-order valence-corrected chi connectivity index (χ2v) is 8.40. The second kappa shape index (κ2) is 6.57. The van der Waals surface area contributed by atoms with E-state index in [0.717, 1.165) is 10.9 Å². The van der Waals surface area contributed by atoms with Gasteiger partial charge < -0.3 is 0 Å². The molecule has 0 fully saturated rings. The number of hydrogen-bond acceptors (Lipinski definition) is 6. The molecule has 8 heteroatoms. The number of rotatable bonds is 5. The zero-order valence-electron chi connectivity index (χ0n) is 13.1. The maximum atomic E-state index is 12.2. The number of benzene rings is 3. The van der Waals surface area contributed by atoms with Crippen LogP contribution in [-0.4, -0.2) is 16.8 Å². The largest absolute Gasteiger partial charge is 0.324 e. The molecule has 3 rings (SSSR count). The van der Waals surface area contributed by atoms with Crippen LogP contribution in [0.3, 0.4) is 0 Å². The van der Waals surface area contributed by atoms with Crippen molar-refractivity contribution >= 4 is 31.0 Å². The molecule has 0 aliphatic rings. The molecule has 0 aliphatic heterocycles. The maximum Gasteiger partial charge on any atom is 0.324 e. The predicted octanol–water partition coefficient (Wildman–Crippen LogP) is 3.17. The molecule has 0 bridgehead atoms. The first-order valence-corrected chi connectivity index (χ1v) is 10.0. The van der Waals surface area contributed by atoms with Gasteiger partial charge in [0, 0.05) is 0 Å². The van der Waals surface area contributed by atoms with Crippen LogP contribution in [0.1, 0.15) is 5.56 Å². The fourth-order valence-corrected chi connectivity index (χ4v) is 3.90. The van der Waals surface area contributed by atoms with Crippen LogP contribution < -0.4 is 0 Å². The van der Waals surface area contributed by atoms with Crippen molar-refractivity contribution in [3.05, 3.63) is 72.3 Å². The molecule has 0 N–H and O–H groups in total. The van der Waals surface area contributed by atoms with Crippen molar-refractivity contribution in [2.24, 2.45) is 0 Å². The summed E-state index contributed by atoms with van der Waals surface area (Å²) < 4.78 is 57.0. The molecule has 0 aromatic heterocycles. The highest BCUT2D eigenvalue weighted by atomic mass is 32.2. The van der Waals surface area contributed by atoms with E-state index in [1.807, 2.05) is 12.1 Å². The minimum Gasteiger partial charge on any atom is -0.192 e. The summed E-state index contributed by atoms with van der Waals surface area (Å²) in [5, 5.41) is 1.52. The summed E-state index contributed by atoms with van der Waals surface area (Å²) in [6.45, 7) is 1.79. The van der Waals surface area contributed by atoms with Crippen molar-refractivity contribution in [3.63, 3.8) is 0 Å². The first-order chi connectivity index (χ1) is 11.8. The summed E-state index contributed by atoms with van der Waals surface area (Å²) in [7, 11) is -8.76. The Labute approximate surface area is 145 Å². The van der Waals surface area contributed by atoms with Gasteiger partial charge in [-0.1, -0.05) is 56.7 Å². The lowest BCUT2D eigenvalue weighted by molar-refractivity contribution is -0.0851. The van der Waals surface area contributed by atoms with Crippen molar-refractivity contribution in [2.75, 3.05) is 0 Å². The minimum atomic E-state index is -4.40. The van der Waals surface area contributed by atoms with Gasteiger partial charge in [0.2, 0.25) is 0 Å². The SMILES string of the molecule is Cc1ccc(S(=O)(=O)OOS(=O)(=O)c2ccc3ccccc3c2)cc1. The van der Waals surface area contributed by atoms with E-state index >= 15 is 0 Å². The normalized spacial score (nSPS) is 12.4. The molecule has 130 valence electrons. The molecule has 0 atom stereocenters.